The molecule has 3 heteroatoms. The molecule has 0 N–H and O–H groups in total. The second-order valence-electron chi connectivity index (χ2n) is 6.62. The number of hydrogen-bond acceptors (Lipinski definition) is 3. The predicted octanol–water partition coefficient (Wildman–Crippen LogP) is 3.80. The molecule has 1 aromatic carbocycles. The molecular weight excluding hydrogens is 262 g/mol. The fourth-order valence-corrected chi connectivity index (χ4v) is 3.05. The Labute approximate surface area is 128 Å². The summed E-state index contributed by atoms with van der Waals surface area (Å²) >= 11 is 0. The highest BCUT2D eigenvalue weighted by atomic mass is 16.5. The number of likely N-dealkylation sites (tertiary alicyclic amines) is 1. The number of rotatable bonds is 4. The largest absolute Gasteiger partial charge is 0.465 e. The molecule has 0 saturated carbocycles. The third-order valence-corrected chi connectivity index (χ3v) is 4.36. The molecule has 2 rings (SSSR count). The zero-order chi connectivity index (χ0) is 15.3. The minimum Gasteiger partial charge on any atom is -0.465 e. The van der Waals surface area contributed by atoms with E-state index in [9.17, 15) is 4.79 Å². The van der Waals surface area contributed by atoms with Crippen molar-refractivity contribution in [3.05, 3.63) is 35.9 Å². The second-order valence-corrected chi connectivity index (χ2v) is 6.62. The molecule has 1 aliphatic rings. The van der Waals surface area contributed by atoms with Crippen molar-refractivity contribution in [2.45, 2.75) is 46.1 Å². The van der Waals surface area contributed by atoms with E-state index in [-0.39, 0.29) is 12.0 Å². The van der Waals surface area contributed by atoms with E-state index < -0.39 is 0 Å². The lowest BCUT2D eigenvalue weighted by molar-refractivity contribution is -0.150. The molecular formula is C18H27NO2. The van der Waals surface area contributed by atoms with E-state index in [4.69, 9.17) is 4.74 Å². The lowest BCUT2D eigenvalue weighted by atomic mass is 9.85. The molecule has 0 aliphatic carbocycles. The number of esters is 1. The average Bonchev–Trinajstić information content (AvgIpc) is 2.62. The number of carbonyl (C=O) groups excluding carboxylic acids is 1. The van der Waals surface area contributed by atoms with Crippen molar-refractivity contribution in [3.8, 4) is 0 Å². The second kappa shape index (κ2) is 7.08. The van der Waals surface area contributed by atoms with E-state index in [1.165, 1.54) is 6.42 Å². The summed E-state index contributed by atoms with van der Waals surface area (Å²) in [4.78, 5) is 14.7. The molecule has 3 nitrogen and oxygen atoms in total. The number of ether oxygens (including phenoxy) is 1. The Morgan fingerprint density at radius 3 is 2.62 bits per heavy atom. The van der Waals surface area contributed by atoms with Crippen molar-refractivity contribution < 1.29 is 9.53 Å². The Morgan fingerprint density at radius 2 is 1.95 bits per heavy atom. The fraction of sp³-hybridized carbons (Fsp3) is 0.611. The molecule has 116 valence electrons. The van der Waals surface area contributed by atoms with Crippen LogP contribution in [0.1, 0.15) is 51.6 Å². The summed E-state index contributed by atoms with van der Waals surface area (Å²) in [7, 11) is 0. The topological polar surface area (TPSA) is 29.5 Å². The van der Waals surface area contributed by atoms with Crippen molar-refractivity contribution in [1.29, 1.82) is 0 Å². The number of carbonyl (C=O) groups is 1. The van der Waals surface area contributed by atoms with Gasteiger partial charge in [0.05, 0.1) is 6.61 Å². The van der Waals surface area contributed by atoms with Crippen LogP contribution in [0.15, 0.2) is 30.3 Å². The minimum absolute atomic E-state index is 0.122. The van der Waals surface area contributed by atoms with Gasteiger partial charge in [-0.25, -0.2) is 4.79 Å². The van der Waals surface area contributed by atoms with Gasteiger partial charge in [0.15, 0.2) is 0 Å². The summed E-state index contributed by atoms with van der Waals surface area (Å²) in [6.45, 7) is 8.84. The zero-order valence-corrected chi connectivity index (χ0v) is 13.5. The van der Waals surface area contributed by atoms with Gasteiger partial charge in [0.1, 0.15) is 6.04 Å². The molecule has 0 aromatic heterocycles. The minimum atomic E-state index is -0.264. The monoisotopic (exact) mass is 289 g/mol. The molecule has 21 heavy (non-hydrogen) atoms. The summed E-state index contributed by atoms with van der Waals surface area (Å²) in [6.07, 6.45) is 3.47. The SMILES string of the molecule is CCOC(=O)C(c1ccccc1)N1CCCC(C)(C)CC1. The normalized spacial score (nSPS) is 20.5. The van der Waals surface area contributed by atoms with Gasteiger partial charge < -0.3 is 4.74 Å². The molecule has 1 fully saturated rings. The van der Waals surface area contributed by atoms with Crippen LogP contribution in [0.4, 0.5) is 0 Å². The summed E-state index contributed by atoms with van der Waals surface area (Å²) < 4.78 is 5.32. The first-order valence-corrected chi connectivity index (χ1v) is 7.99. The van der Waals surface area contributed by atoms with E-state index in [0.29, 0.717) is 12.0 Å². The van der Waals surface area contributed by atoms with Gasteiger partial charge >= 0.3 is 5.97 Å². The number of benzene rings is 1. The van der Waals surface area contributed by atoms with Crippen LogP contribution in [0, 0.1) is 5.41 Å². The van der Waals surface area contributed by atoms with Crippen LogP contribution in [-0.2, 0) is 9.53 Å². The van der Waals surface area contributed by atoms with Crippen LogP contribution in [0.2, 0.25) is 0 Å². The van der Waals surface area contributed by atoms with Crippen LogP contribution in [-0.4, -0.2) is 30.6 Å². The third-order valence-electron chi connectivity index (χ3n) is 4.36. The molecule has 1 heterocycles. The van der Waals surface area contributed by atoms with Gasteiger partial charge in [0.2, 0.25) is 0 Å². The van der Waals surface area contributed by atoms with Crippen LogP contribution in [0.25, 0.3) is 0 Å². The Bertz CT molecular complexity index is 456. The third kappa shape index (κ3) is 4.31. The van der Waals surface area contributed by atoms with Crippen molar-refractivity contribution in [3.63, 3.8) is 0 Å². The van der Waals surface area contributed by atoms with Gasteiger partial charge in [-0.1, -0.05) is 44.2 Å². The van der Waals surface area contributed by atoms with Crippen molar-refractivity contribution in [1.82, 2.24) is 4.90 Å². The first-order chi connectivity index (χ1) is 10.0. The van der Waals surface area contributed by atoms with Gasteiger partial charge in [-0.3, -0.25) is 4.90 Å². The van der Waals surface area contributed by atoms with Gasteiger partial charge in [-0.15, -0.1) is 0 Å². The van der Waals surface area contributed by atoms with E-state index in [2.05, 4.69) is 18.7 Å². The number of hydrogen-bond donors (Lipinski definition) is 0. The molecule has 0 spiro atoms. The fourth-order valence-electron chi connectivity index (χ4n) is 3.05. The van der Waals surface area contributed by atoms with E-state index in [1.807, 2.05) is 37.3 Å². The molecule has 1 unspecified atom stereocenters. The molecule has 0 amide bonds. The highest BCUT2D eigenvalue weighted by Crippen LogP contribution is 2.33. The average molecular weight is 289 g/mol. The van der Waals surface area contributed by atoms with Crippen molar-refractivity contribution in [2.24, 2.45) is 5.41 Å². The van der Waals surface area contributed by atoms with E-state index in [1.54, 1.807) is 0 Å². The molecule has 0 radical (unpaired) electrons. The molecule has 1 aliphatic heterocycles. The smallest absolute Gasteiger partial charge is 0.327 e. The summed E-state index contributed by atoms with van der Waals surface area (Å²) in [5.74, 6) is -0.122. The first kappa shape index (κ1) is 16.0. The van der Waals surface area contributed by atoms with E-state index >= 15 is 0 Å². The maximum Gasteiger partial charge on any atom is 0.327 e. The maximum atomic E-state index is 12.5. The van der Waals surface area contributed by atoms with Gasteiger partial charge in [0, 0.05) is 0 Å². The Kier molecular flexibility index (Phi) is 5.40. The quantitative estimate of drug-likeness (QED) is 0.790. The van der Waals surface area contributed by atoms with Gasteiger partial charge in [-0.05, 0) is 50.3 Å². The highest BCUT2D eigenvalue weighted by Gasteiger charge is 2.32. The zero-order valence-electron chi connectivity index (χ0n) is 13.5. The van der Waals surface area contributed by atoms with Gasteiger partial charge in [0.25, 0.3) is 0 Å². The van der Waals surface area contributed by atoms with E-state index in [0.717, 1.165) is 31.5 Å². The standard InChI is InChI=1S/C18H27NO2/c1-4-21-17(20)16(15-9-6-5-7-10-15)19-13-8-11-18(2,3)12-14-19/h5-7,9-10,16H,4,8,11-14H2,1-3H3. The molecule has 1 aromatic rings. The maximum absolute atomic E-state index is 12.5. The summed E-state index contributed by atoms with van der Waals surface area (Å²) in [6, 6.07) is 9.75. The van der Waals surface area contributed by atoms with Gasteiger partial charge in [-0.2, -0.15) is 0 Å². The van der Waals surface area contributed by atoms with Crippen molar-refractivity contribution >= 4 is 5.97 Å². The number of nitrogens with zero attached hydrogens (tertiary/aromatic N) is 1. The highest BCUT2D eigenvalue weighted by molar-refractivity contribution is 5.77. The van der Waals surface area contributed by atoms with Crippen LogP contribution >= 0.6 is 0 Å². The lowest BCUT2D eigenvalue weighted by Gasteiger charge is -2.30. The Morgan fingerprint density at radius 1 is 1.24 bits per heavy atom. The predicted molar refractivity (Wildman–Crippen MR) is 85.0 cm³/mol. The summed E-state index contributed by atoms with van der Waals surface area (Å²) in [5, 5.41) is 0. The lowest BCUT2D eigenvalue weighted by Crippen LogP contribution is -2.36. The van der Waals surface area contributed by atoms with Crippen LogP contribution < -0.4 is 0 Å². The Balaban J connectivity index is 2.21. The van der Waals surface area contributed by atoms with Crippen LogP contribution in [0.5, 0.6) is 0 Å². The Hall–Kier alpha value is -1.35. The molecule has 1 atom stereocenters. The summed E-state index contributed by atoms with van der Waals surface area (Å²) in [5.41, 5.74) is 1.40. The molecule has 1 saturated heterocycles. The van der Waals surface area contributed by atoms with Crippen LogP contribution in [0.3, 0.4) is 0 Å². The first-order valence-electron chi connectivity index (χ1n) is 7.99. The molecule has 0 bridgehead atoms. The van der Waals surface area contributed by atoms with Crippen molar-refractivity contribution in [2.75, 3.05) is 19.7 Å².